The van der Waals surface area contributed by atoms with E-state index in [0.29, 0.717) is 11.4 Å². The fourth-order valence-electron chi connectivity index (χ4n) is 2.56. The summed E-state index contributed by atoms with van der Waals surface area (Å²) < 4.78 is 40.7. The fraction of sp³-hybridized carbons (Fsp3) is 0.118. The number of halogens is 4. The molecule has 0 radical (unpaired) electrons. The van der Waals surface area contributed by atoms with Crippen molar-refractivity contribution in [2.45, 2.75) is 13.1 Å². The Morgan fingerprint density at radius 2 is 1.78 bits per heavy atom. The number of hydrogen-bond acceptors (Lipinski definition) is 5. The number of aromatic nitrogens is 6. The summed E-state index contributed by atoms with van der Waals surface area (Å²) in [7, 11) is 0. The van der Waals surface area contributed by atoms with Crippen LogP contribution in [0.3, 0.4) is 0 Å². The number of aryl methyl sites for hydroxylation is 1. The lowest BCUT2D eigenvalue weighted by Gasteiger charge is -2.09. The molecule has 6 nitrogen and oxygen atoms in total. The predicted molar refractivity (Wildman–Crippen MR) is 92.4 cm³/mol. The topological polar surface area (TPSA) is 69.4 Å². The molecule has 4 rings (SSSR count). The van der Waals surface area contributed by atoms with Gasteiger partial charge in [-0.3, -0.25) is 9.55 Å². The van der Waals surface area contributed by atoms with Crippen LogP contribution in [0.4, 0.5) is 13.2 Å². The monoisotopic (exact) mass is 390 g/mol. The van der Waals surface area contributed by atoms with Gasteiger partial charge in [0.15, 0.2) is 11.5 Å². The van der Waals surface area contributed by atoms with E-state index in [1.165, 1.54) is 12.4 Å². The second-order valence-electron chi connectivity index (χ2n) is 5.72. The number of pyridine rings is 2. The number of nitrogens with zero attached hydrogens (tertiary/aromatic N) is 6. The average Bonchev–Trinajstić information content (AvgIpc) is 3.01. The standard InChI is InChI=1S/C17H10ClF3N6/c1-9-2-3-11(6-22-9)27-15-12(4-10(5-25-15)17(19,20)21)26-16(27)13-7-24-14(18)8-23-13/h2-8H,1H3. The van der Waals surface area contributed by atoms with E-state index < -0.39 is 11.7 Å². The van der Waals surface area contributed by atoms with E-state index in [0.717, 1.165) is 18.0 Å². The molecule has 0 aliphatic carbocycles. The van der Waals surface area contributed by atoms with Gasteiger partial charge in [0, 0.05) is 11.9 Å². The van der Waals surface area contributed by atoms with Crippen LogP contribution in [-0.2, 0) is 6.18 Å². The van der Waals surface area contributed by atoms with Crippen LogP contribution in [0, 0.1) is 6.92 Å². The van der Waals surface area contributed by atoms with Crippen molar-refractivity contribution < 1.29 is 13.2 Å². The summed E-state index contributed by atoms with van der Waals surface area (Å²) in [5, 5.41) is 0.191. The Morgan fingerprint density at radius 3 is 2.41 bits per heavy atom. The number of alkyl halides is 3. The van der Waals surface area contributed by atoms with Crippen LogP contribution in [-0.4, -0.2) is 29.5 Å². The van der Waals surface area contributed by atoms with Crippen LogP contribution in [0.2, 0.25) is 5.15 Å². The van der Waals surface area contributed by atoms with Gasteiger partial charge in [-0.2, -0.15) is 13.2 Å². The minimum absolute atomic E-state index is 0.0807. The smallest absolute Gasteiger partial charge is 0.274 e. The maximum absolute atomic E-state index is 13.0. The number of imidazole rings is 1. The molecule has 0 fully saturated rings. The van der Waals surface area contributed by atoms with Gasteiger partial charge < -0.3 is 0 Å². The normalized spacial score (nSPS) is 11.9. The van der Waals surface area contributed by atoms with Crippen molar-refractivity contribution >= 4 is 22.8 Å². The molecular weight excluding hydrogens is 381 g/mol. The van der Waals surface area contributed by atoms with Crippen LogP contribution < -0.4 is 0 Å². The first-order valence-corrected chi connectivity index (χ1v) is 8.07. The summed E-state index contributed by atoms with van der Waals surface area (Å²) in [6.45, 7) is 1.83. The molecule has 27 heavy (non-hydrogen) atoms. The van der Waals surface area contributed by atoms with Gasteiger partial charge in [-0.25, -0.2) is 19.9 Å². The summed E-state index contributed by atoms with van der Waals surface area (Å²) >= 11 is 5.77. The Bertz CT molecular complexity index is 1120. The third-order valence-electron chi connectivity index (χ3n) is 3.83. The van der Waals surface area contributed by atoms with Gasteiger partial charge in [0.2, 0.25) is 0 Å². The van der Waals surface area contributed by atoms with Gasteiger partial charge in [-0.1, -0.05) is 11.6 Å². The van der Waals surface area contributed by atoms with Crippen LogP contribution >= 0.6 is 11.6 Å². The molecule has 0 bridgehead atoms. The Labute approximate surface area is 155 Å². The van der Waals surface area contributed by atoms with E-state index in [9.17, 15) is 13.2 Å². The SMILES string of the molecule is Cc1ccc(-n2c(-c3cnc(Cl)cn3)nc3cc(C(F)(F)F)cnc32)cn1. The van der Waals surface area contributed by atoms with Gasteiger partial charge in [0.1, 0.15) is 16.4 Å². The number of rotatable bonds is 2. The molecule has 4 aromatic heterocycles. The number of hydrogen-bond donors (Lipinski definition) is 0. The maximum Gasteiger partial charge on any atom is 0.417 e. The highest BCUT2D eigenvalue weighted by atomic mass is 35.5. The summed E-state index contributed by atoms with van der Waals surface area (Å²) in [6, 6.07) is 4.51. The highest BCUT2D eigenvalue weighted by Gasteiger charge is 2.32. The quantitative estimate of drug-likeness (QED) is 0.511. The first-order valence-electron chi connectivity index (χ1n) is 7.69. The summed E-state index contributed by atoms with van der Waals surface area (Å²) in [5.74, 6) is 0.284. The lowest BCUT2D eigenvalue weighted by molar-refractivity contribution is -0.137. The van der Waals surface area contributed by atoms with E-state index >= 15 is 0 Å². The zero-order chi connectivity index (χ0) is 19.2. The van der Waals surface area contributed by atoms with Crippen LogP contribution in [0.15, 0.2) is 43.0 Å². The predicted octanol–water partition coefficient (Wildman–Crippen LogP) is 4.25. The van der Waals surface area contributed by atoms with Gasteiger partial charge in [-0.15, -0.1) is 0 Å². The van der Waals surface area contributed by atoms with Crippen LogP contribution in [0.1, 0.15) is 11.3 Å². The zero-order valence-electron chi connectivity index (χ0n) is 13.7. The summed E-state index contributed by atoms with van der Waals surface area (Å²) in [5.41, 5.74) is 1.17. The molecule has 0 amide bonds. The molecule has 0 unspecified atom stereocenters. The van der Waals surface area contributed by atoms with Crippen LogP contribution in [0.25, 0.3) is 28.4 Å². The molecule has 136 valence electrons. The molecule has 4 aromatic rings. The molecule has 4 heterocycles. The summed E-state index contributed by atoms with van der Waals surface area (Å²) in [4.78, 5) is 20.7. The van der Waals surface area contributed by atoms with Crippen molar-refractivity contribution in [1.82, 2.24) is 29.5 Å². The molecule has 0 spiro atoms. The second kappa shape index (κ2) is 6.27. The molecule has 0 aromatic carbocycles. The second-order valence-corrected chi connectivity index (χ2v) is 6.10. The highest BCUT2D eigenvalue weighted by Crippen LogP contribution is 2.32. The Balaban J connectivity index is 2.00. The first kappa shape index (κ1) is 17.3. The third-order valence-corrected chi connectivity index (χ3v) is 4.02. The van der Waals surface area contributed by atoms with Crippen molar-refractivity contribution in [3.05, 3.63) is 59.4 Å². The lowest BCUT2D eigenvalue weighted by Crippen LogP contribution is -2.06. The third kappa shape index (κ3) is 3.21. The minimum Gasteiger partial charge on any atom is -0.274 e. The molecule has 0 saturated heterocycles. The summed E-state index contributed by atoms with van der Waals surface area (Å²) in [6.07, 6.45) is 0.577. The van der Waals surface area contributed by atoms with Crippen molar-refractivity contribution in [3.63, 3.8) is 0 Å². The minimum atomic E-state index is -4.52. The van der Waals surface area contributed by atoms with Crippen molar-refractivity contribution in [2.75, 3.05) is 0 Å². The number of fused-ring (bicyclic) bond motifs is 1. The lowest BCUT2D eigenvalue weighted by atomic mass is 10.2. The zero-order valence-corrected chi connectivity index (χ0v) is 14.5. The van der Waals surface area contributed by atoms with E-state index in [2.05, 4.69) is 24.9 Å². The molecule has 0 saturated carbocycles. The molecule has 0 atom stereocenters. The van der Waals surface area contributed by atoms with Crippen LogP contribution in [0.5, 0.6) is 0 Å². The molecule has 10 heteroatoms. The molecular formula is C17H10ClF3N6. The largest absolute Gasteiger partial charge is 0.417 e. The van der Waals surface area contributed by atoms with Crippen molar-refractivity contribution in [3.8, 4) is 17.2 Å². The van der Waals surface area contributed by atoms with Crippen molar-refractivity contribution in [2.24, 2.45) is 0 Å². The highest BCUT2D eigenvalue weighted by molar-refractivity contribution is 6.29. The fourth-order valence-corrected chi connectivity index (χ4v) is 2.65. The maximum atomic E-state index is 13.0. The van der Waals surface area contributed by atoms with E-state index in [4.69, 9.17) is 11.6 Å². The Kier molecular flexibility index (Phi) is 4.03. The molecule has 0 N–H and O–H groups in total. The Morgan fingerprint density at radius 1 is 0.963 bits per heavy atom. The van der Waals surface area contributed by atoms with E-state index in [-0.39, 0.29) is 22.1 Å². The van der Waals surface area contributed by atoms with Gasteiger partial charge >= 0.3 is 6.18 Å². The first-order chi connectivity index (χ1) is 12.8. The van der Waals surface area contributed by atoms with E-state index in [1.54, 1.807) is 22.9 Å². The molecule has 0 aliphatic rings. The van der Waals surface area contributed by atoms with Gasteiger partial charge in [0.25, 0.3) is 0 Å². The Hall–Kier alpha value is -3.07. The van der Waals surface area contributed by atoms with E-state index in [1.807, 2.05) is 6.92 Å². The molecule has 0 aliphatic heterocycles. The average molecular weight is 391 g/mol. The van der Waals surface area contributed by atoms with Crippen molar-refractivity contribution in [1.29, 1.82) is 0 Å². The van der Waals surface area contributed by atoms with Gasteiger partial charge in [0.05, 0.1) is 29.8 Å². The van der Waals surface area contributed by atoms with Gasteiger partial charge in [-0.05, 0) is 25.1 Å².